The van der Waals surface area contributed by atoms with Crippen LogP contribution in [0.4, 0.5) is 5.69 Å². The molecule has 0 saturated heterocycles. The lowest BCUT2D eigenvalue weighted by molar-refractivity contribution is 0.112. The van der Waals surface area contributed by atoms with E-state index in [1.807, 2.05) is 32.2 Å². The molecular formula is C12H16BrNO2. The second kappa shape index (κ2) is 6.66. The van der Waals surface area contributed by atoms with Crippen LogP contribution in [0, 0.1) is 0 Å². The molecule has 88 valence electrons. The van der Waals surface area contributed by atoms with Gasteiger partial charge in [-0.05, 0) is 41.1 Å². The minimum atomic E-state index is 0.675. The molecule has 0 aliphatic heterocycles. The van der Waals surface area contributed by atoms with E-state index >= 15 is 0 Å². The van der Waals surface area contributed by atoms with Gasteiger partial charge in [0.15, 0.2) is 0 Å². The Morgan fingerprint density at radius 3 is 2.81 bits per heavy atom. The van der Waals surface area contributed by atoms with Gasteiger partial charge < -0.3 is 9.64 Å². The molecule has 0 fully saturated rings. The van der Waals surface area contributed by atoms with Crippen LogP contribution in [0.3, 0.4) is 0 Å². The highest BCUT2D eigenvalue weighted by Gasteiger charge is 2.06. The lowest BCUT2D eigenvalue weighted by Crippen LogP contribution is -2.22. The maximum atomic E-state index is 10.6. The normalized spacial score (nSPS) is 10.2. The first-order valence-electron chi connectivity index (χ1n) is 5.22. The molecule has 0 spiro atoms. The van der Waals surface area contributed by atoms with Crippen LogP contribution in [-0.4, -0.2) is 33.1 Å². The Morgan fingerprint density at radius 2 is 2.25 bits per heavy atom. The lowest BCUT2D eigenvalue weighted by atomic mass is 10.2. The summed E-state index contributed by atoms with van der Waals surface area (Å²) in [4.78, 5) is 12.7. The highest BCUT2D eigenvalue weighted by molar-refractivity contribution is 9.10. The van der Waals surface area contributed by atoms with Gasteiger partial charge in [-0.15, -0.1) is 0 Å². The summed E-state index contributed by atoms with van der Waals surface area (Å²) in [7, 11) is 2.00. The molecule has 0 amide bonds. The summed E-state index contributed by atoms with van der Waals surface area (Å²) < 4.78 is 6.22. The van der Waals surface area contributed by atoms with Crippen LogP contribution in [-0.2, 0) is 4.74 Å². The van der Waals surface area contributed by atoms with Gasteiger partial charge in [-0.2, -0.15) is 0 Å². The molecule has 4 heteroatoms. The summed E-state index contributed by atoms with van der Waals surface area (Å²) in [5, 5.41) is 0. The van der Waals surface area contributed by atoms with E-state index in [4.69, 9.17) is 4.74 Å². The van der Waals surface area contributed by atoms with Crippen LogP contribution < -0.4 is 4.90 Å². The Hall–Kier alpha value is -0.870. The molecule has 1 aromatic carbocycles. The fourth-order valence-corrected chi connectivity index (χ4v) is 2.07. The summed E-state index contributed by atoms with van der Waals surface area (Å²) in [6, 6.07) is 5.56. The number of rotatable bonds is 6. The highest BCUT2D eigenvalue weighted by atomic mass is 79.9. The average molecular weight is 286 g/mol. The van der Waals surface area contributed by atoms with Gasteiger partial charge in [-0.1, -0.05) is 0 Å². The third-order valence-corrected chi connectivity index (χ3v) is 2.93. The maximum Gasteiger partial charge on any atom is 0.150 e. The zero-order chi connectivity index (χ0) is 12.0. The zero-order valence-corrected chi connectivity index (χ0v) is 11.2. The molecule has 0 aliphatic rings. The van der Waals surface area contributed by atoms with Gasteiger partial charge in [0.05, 0.1) is 12.3 Å². The second-order valence-electron chi connectivity index (χ2n) is 3.45. The molecule has 0 aliphatic carbocycles. The van der Waals surface area contributed by atoms with Crippen molar-refractivity contribution < 1.29 is 9.53 Å². The van der Waals surface area contributed by atoms with E-state index < -0.39 is 0 Å². The van der Waals surface area contributed by atoms with E-state index in [0.717, 1.165) is 29.6 Å². The van der Waals surface area contributed by atoms with Gasteiger partial charge in [-0.25, -0.2) is 0 Å². The third kappa shape index (κ3) is 3.61. The molecule has 0 radical (unpaired) electrons. The van der Waals surface area contributed by atoms with Crippen molar-refractivity contribution in [1.29, 1.82) is 0 Å². The van der Waals surface area contributed by atoms with Crippen LogP contribution in [0.15, 0.2) is 22.7 Å². The summed E-state index contributed by atoms with van der Waals surface area (Å²) in [5.41, 5.74) is 1.74. The largest absolute Gasteiger partial charge is 0.380 e. The fourth-order valence-electron chi connectivity index (χ4n) is 1.37. The summed E-state index contributed by atoms with van der Waals surface area (Å²) in [6.07, 6.45) is 0.842. The van der Waals surface area contributed by atoms with Crippen molar-refractivity contribution in [2.24, 2.45) is 0 Å². The molecule has 0 heterocycles. The van der Waals surface area contributed by atoms with Crippen molar-refractivity contribution in [2.75, 3.05) is 31.7 Å². The molecule has 0 aromatic heterocycles. The summed E-state index contributed by atoms with van der Waals surface area (Å²) in [6.45, 7) is 4.25. The molecule has 0 N–H and O–H groups in total. The lowest BCUT2D eigenvalue weighted by Gasteiger charge is -2.20. The topological polar surface area (TPSA) is 29.5 Å². The zero-order valence-electron chi connectivity index (χ0n) is 9.57. The smallest absolute Gasteiger partial charge is 0.150 e. The predicted octanol–water partition coefficient (Wildman–Crippen LogP) is 2.73. The number of hydrogen-bond donors (Lipinski definition) is 0. The Balaban J connectivity index is 2.68. The standard InChI is InChI=1S/C12H16BrNO2/c1-3-16-7-6-14(2)12-5-4-10(9-15)8-11(12)13/h4-5,8-9H,3,6-7H2,1-2H3. The van der Waals surface area contributed by atoms with E-state index in [1.165, 1.54) is 0 Å². The number of likely N-dealkylation sites (N-methyl/N-ethyl adjacent to an activating group) is 1. The van der Waals surface area contributed by atoms with E-state index in [9.17, 15) is 4.79 Å². The van der Waals surface area contributed by atoms with Crippen LogP contribution in [0.5, 0.6) is 0 Å². The van der Waals surface area contributed by atoms with Crippen LogP contribution in [0.25, 0.3) is 0 Å². The Kier molecular flexibility index (Phi) is 5.49. The number of aldehydes is 1. The molecule has 0 atom stereocenters. The number of halogens is 1. The molecular weight excluding hydrogens is 270 g/mol. The Labute approximate surface area is 105 Å². The van der Waals surface area contributed by atoms with E-state index in [1.54, 1.807) is 0 Å². The van der Waals surface area contributed by atoms with Crippen molar-refractivity contribution >= 4 is 27.9 Å². The fraction of sp³-hybridized carbons (Fsp3) is 0.417. The predicted molar refractivity (Wildman–Crippen MR) is 69.3 cm³/mol. The minimum absolute atomic E-state index is 0.675. The first-order valence-corrected chi connectivity index (χ1v) is 6.02. The Bertz CT molecular complexity index is 355. The van der Waals surface area contributed by atoms with E-state index in [2.05, 4.69) is 20.8 Å². The highest BCUT2D eigenvalue weighted by Crippen LogP contribution is 2.25. The maximum absolute atomic E-state index is 10.6. The number of anilines is 1. The van der Waals surface area contributed by atoms with Gasteiger partial charge in [0, 0.05) is 30.2 Å². The van der Waals surface area contributed by atoms with Crippen molar-refractivity contribution in [3.8, 4) is 0 Å². The first-order chi connectivity index (χ1) is 7.69. The molecule has 0 bridgehead atoms. The monoisotopic (exact) mass is 285 g/mol. The number of ether oxygens (including phenoxy) is 1. The molecule has 0 saturated carbocycles. The van der Waals surface area contributed by atoms with Gasteiger partial charge in [0.2, 0.25) is 0 Å². The van der Waals surface area contributed by atoms with Crippen LogP contribution in [0.1, 0.15) is 17.3 Å². The van der Waals surface area contributed by atoms with Crippen molar-refractivity contribution in [3.63, 3.8) is 0 Å². The van der Waals surface area contributed by atoms with Crippen molar-refractivity contribution in [1.82, 2.24) is 0 Å². The number of nitrogens with zero attached hydrogens (tertiary/aromatic N) is 1. The van der Waals surface area contributed by atoms with Gasteiger partial charge in [0.25, 0.3) is 0 Å². The third-order valence-electron chi connectivity index (χ3n) is 2.29. The summed E-state index contributed by atoms with van der Waals surface area (Å²) in [5.74, 6) is 0. The first kappa shape index (κ1) is 13.2. The summed E-state index contributed by atoms with van der Waals surface area (Å²) >= 11 is 3.46. The van der Waals surface area contributed by atoms with E-state index in [-0.39, 0.29) is 0 Å². The quantitative estimate of drug-likeness (QED) is 0.595. The number of carbonyl (C=O) groups is 1. The molecule has 0 unspecified atom stereocenters. The molecule has 3 nitrogen and oxygen atoms in total. The Morgan fingerprint density at radius 1 is 1.50 bits per heavy atom. The van der Waals surface area contributed by atoms with Gasteiger partial charge in [-0.3, -0.25) is 4.79 Å². The SMILES string of the molecule is CCOCCN(C)c1ccc(C=O)cc1Br. The van der Waals surface area contributed by atoms with Gasteiger partial charge >= 0.3 is 0 Å². The molecule has 16 heavy (non-hydrogen) atoms. The second-order valence-corrected chi connectivity index (χ2v) is 4.30. The van der Waals surface area contributed by atoms with Gasteiger partial charge in [0.1, 0.15) is 6.29 Å². The van der Waals surface area contributed by atoms with Crippen LogP contribution in [0.2, 0.25) is 0 Å². The minimum Gasteiger partial charge on any atom is -0.380 e. The van der Waals surface area contributed by atoms with Crippen molar-refractivity contribution in [3.05, 3.63) is 28.2 Å². The number of benzene rings is 1. The van der Waals surface area contributed by atoms with E-state index in [0.29, 0.717) is 12.2 Å². The van der Waals surface area contributed by atoms with Crippen molar-refractivity contribution in [2.45, 2.75) is 6.92 Å². The number of hydrogen-bond acceptors (Lipinski definition) is 3. The molecule has 1 aromatic rings. The van der Waals surface area contributed by atoms with Crippen LogP contribution >= 0.6 is 15.9 Å². The number of carbonyl (C=O) groups excluding carboxylic acids is 1. The average Bonchev–Trinajstić information content (AvgIpc) is 2.29. The molecule has 1 rings (SSSR count).